The number of piperazine rings is 1. The molecular formula is C22H27N5O. The van der Waals surface area contributed by atoms with Crippen molar-refractivity contribution < 1.29 is 4.79 Å². The predicted octanol–water partition coefficient (Wildman–Crippen LogP) is 2.56. The predicted molar refractivity (Wildman–Crippen MR) is 113 cm³/mol. The number of rotatable bonds is 4. The molecule has 0 bridgehead atoms. The second-order valence-electron chi connectivity index (χ2n) is 7.51. The van der Waals surface area contributed by atoms with E-state index in [0.717, 1.165) is 54.0 Å². The van der Waals surface area contributed by atoms with Gasteiger partial charge in [0.25, 0.3) is 5.91 Å². The number of hydrogen-bond acceptors (Lipinski definition) is 4. The fourth-order valence-electron chi connectivity index (χ4n) is 4.04. The van der Waals surface area contributed by atoms with Gasteiger partial charge in [0.2, 0.25) is 0 Å². The van der Waals surface area contributed by atoms with Crippen molar-refractivity contribution in [2.75, 3.05) is 38.1 Å². The van der Waals surface area contributed by atoms with E-state index >= 15 is 0 Å². The molecule has 3 heterocycles. The second-order valence-corrected chi connectivity index (χ2v) is 7.51. The second kappa shape index (κ2) is 7.64. The Morgan fingerprint density at radius 3 is 2.57 bits per heavy atom. The van der Waals surface area contributed by atoms with E-state index in [1.807, 2.05) is 49.0 Å². The lowest BCUT2D eigenvalue weighted by molar-refractivity contribution is 0.0942. The number of benzene rings is 1. The molecule has 1 aliphatic rings. The van der Waals surface area contributed by atoms with Crippen LogP contribution < -0.4 is 10.2 Å². The van der Waals surface area contributed by atoms with E-state index in [9.17, 15) is 4.79 Å². The minimum absolute atomic E-state index is 0.0515. The van der Waals surface area contributed by atoms with Gasteiger partial charge >= 0.3 is 0 Å². The molecule has 0 atom stereocenters. The van der Waals surface area contributed by atoms with Crippen LogP contribution in [0.2, 0.25) is 0 Å². The summed E-state index contributed by atoms with van der Waals surface area (Å²) in [6.45, 7) is 6.44. The summed E-state index contributed by atoms with van der Waals surface area (Å²) >= 11 is 0. The van der Waals surface area contributed by atoms with Crippen LogP contribution in [0.5, 0.6) is 0 Å². The van der Waals surface area contributed by atoms with E-state index in [-0.39, 0.29) is 5.91 Å². The molecule has 3 aromatic rings. The van der Waals surface area contributed by atoms with Crippen molar-refractivity contribution in [1.82, 2.24) is 19.8 Å². The number of aryl methyl sites for hydroxylation is 2. The third-order valence-corrected chi connectivity index (χ3v) is 5.68. The summed E-state index contributed by atoms with van der Waals surface area (Å²) in [6.07, 6.45) is 1.83. The third kappa shape index (κ3) is 3.36. The van der Waals surface area contributed by atoms with Crippen LogP contribution in [0.15, 0.2) is 42.6 Å². The molecule has 6 nitrogen and oxygen atoms in total. The number of pyridine rings is 1. The van der Waals surface area contributed by atoms with Crippen LogP contribution in [0.25, 0.3) is 10.9 Å². The SMILES string of the molecule is Cc1c(C(=O)NCc2cccnc2N2CCN(C)CC2)n(C)c2ccccc12. The Morgan fingerprint density at radius 1 is 1.07 bits per heavy atom. The van der Waals surface area contributed by atoms with Gasteiger partial charge in [0.15, 0.2) is 0 Å². The summed E-state index contributed by atoms with van der Waals surface area (Å²) in [5.74, 6) is 0.925. The molecule has 1 aromatic carbocycles. The van der Waals surface area contributed by atoms with Crippen molar-refractivity contribution in [3.8, 4) is 0 Å². The number of anilines is 1. The Bertz CT molecular complexity index is 962. The summed E-state index contributed by atoms with van der Waals surface area (Å²) in [6, 6.07) is 12.1. The van der Waals surface area contributed by atoms with Gasteiger partial charge in [0.05, 0.1) is 0 Å². The number of aromatic nitrogens is 2. The fourth-order valence-corrected chi connectivity index (χ4v) is 4.04. The molecule has 1 fully saturated rings. The van der Waals surface area contributed by atoms with E-state index < -0.39 is 0 Å². The van der Waals surface area contributed by atoms with Gasteiger partial charge in [-0.3, -0.25) is 4.79 Å². The first kappa shape index (κ1) is 18.5. The molecule has 146 valence electrons. The zero-order valence-corrected chi connectivity index (χ0v) is 16.8. The molecule has 6 heteroatoms. The highest BCUT2D eigenvalue weighted by Crippen LogP contribution is 2.25. The normalized spacial score (nSPS) is 15.2. The van der Waals surface area contributed by atoms with Crippen molar-refractivity contribution in [2.24, 2.45) is 7.05 Å². The average Bonchev–Trinajstić information content (AvgIpc) is 2.98. The Morgan fingerprint density at radius 2 is 1.82 bits per heavy atom. The first-order chi connectivity index (χ1) is 13.6. The third-order valence-electron chi connectivity index (χ3n) is 5.68. The minimum atomic E-state index is -0.0515. The first-order valence-electron chi connectivity index (χ1n) is 9.76. The quantitative estimate of drug-likeness (QED) is 0.759. The standard InChI is InChI=1S/C22H27N5O/c1-16-18-8-4-5-9-19(18)26(3)20(16)22(28)24-15-17-7-6-10-23-21(17)27-13-11-25(2)12-14-27/h4-10H,11-15H2,1-3H3,(H,24,28). The van der Waals surface area contributed by atoms with Crippen LogP contribution in [-0.4, -0.2) is 53.6 Å². The van der Waals surface area contributed by atoms with Crippen molar-refractivity contribution in [3.63, 3.8) is 0 Å². The van der Waals surface area contributed by atoms with Gasteiger partial charge in [0.1, 0.15) is 11.5 Å². The number of carbonyl (C=O) groups excluding carboxylic acids is 1. The van der Waals surface area contributed by atoms with Crippen LogP contribution in [0.1, 0.15) is 21.6 Å². The van der Waals surface area contributed by atoms with Crippen molar-refractivity contribution >= 4 is 22.6 Å². The number of fused-ring (bicyclic) bond motifs is 1. The highest BCUT2D eigenvalue weighted by Gasteiger charge is 2.20. The Hall–Kier alpha value is -2.86. The van der Waals surface area contributed by atoms with Gasteiger partial charge in [-0.2, -0.15) is 0 Å². The minimum Gasteiger partial charge on any atom is -0.354 e. The Labute approximate surface area is 165 Å². The van der Waals surface area contributed by atoms with Gasteiger partial charge in [0, 0.05) is 62.4 Å². The molecule has 2 aromatic heterocycles. The number of nitrogens with one attached hydrogen (secondary N) is 1. The van der Waals surface area contributed by atoms with Crippen LogP contribution in [0.4, 0.5) is 5.82 Å². The summed E-state index contributed by atoms with van der Waals surface area (Å²) in [5, 5.41) is 4.23. The number of likely N-dealkylation sites (N-methyl/N-ethyl adjacent to an activating group) is 1. The molecule has 0 aliphatic carbocycles. The zero-order valence-electron chi connectivity index (χ0n) is 16.8. The molecule has 1 amide bonds. The van der Waals surface area contributed by atoms with E-state index in [1.54, 1.807) is 0 Å². The number of hydrogen-bond donors (Lipinski definition) is 1. The Balaban J connectivity index is 1.54. The van der Waals surface area contributed by atoms with Crippen LogP contribution in [-0.2, 0) is 13.6 Å². The lowest BCUT2D eigenvalue weighted by Gasteiger charge is -2.34. The number of carbonyl (C=O) groups is 1. The van der Waals surface area contributed by atoms with Crippen LogP contribution in [0.3, 0.4) is 0 Å². The summed E-state index contributed by atoms with van der Waals surface area (Å²) in [5.41, 5.74) is 3.86. The van der Waals surface area contributed by atoms with Crippen molar-refractivity contribution in [2.45, 2.75) is 13.5 Å². The number of para-hydroxylation sites is 1. The molecule has 0 spiro atoms. The molecule has 1 aliphatic heterocycles. The summed E-state index contributed by atoms with van der Waals surface area (Å²) < 4.78 is 1.98. The molecule has 1 saturated heterocycles. The van der Waals surface area contributed by atoms with Gasteiger partial charge in [-0.25, -0.2) is 4.98 Å². The highest BCUT2D eigenvalue weighted by atomic mass is 16.1. The van der Waals surface area contributed by atoms with Crippen LogP contribution in [0, 0.1) is 6.92 Å². The molecule has 0 radical (unpaired) electrons. The first-order valence-corrected chi connectivity index (χ1v) is 9.76. The van der Waals surface area contributed by atoms with Crippen molar-refractivity contribution in [1.29, 1.82) is 0 Å². The fraction of sp³-hybridized carbons (Fsp3) is 0.364. The molecule has 28 heavy (non-hydrogen) atoms. The zero-order chi connectivity index (χ0) is 19.7. The maximum atomic E-state index is 13.0. The monoisotopic (exact) mass is 377 g/mol. The number of amides is 1. The highest BCUT2D eigenvalue weighted by molar-refractivity contribution is 6.01. The van der Waals surface area contributed by atoms with Crippen molar-refractivity contribution in [3.05, 3.63) is 59.4 Å². The molecule has 4 rings (SSSR count). The summed E-state index contributed by atoms with van der Waals surface area (Å²) in [4.78, 5) is 22.2. The lowest BCUT2D eigenvalue weighted by atomic mass is 10.1. The largest absolute Gasteiger partial charge is 0.354 e. The maximum Gasteiger partial charge on any atom is 0.268 e. The topological polar surface area (TPSA) is 53.4 Å². The van der Waals surface area contributed by atoms with Gasteiger partial charge in [-0.15, -0.1) is 0 Å². The molecular weight excluding hydrogens is 350 g/mol. The van der Waals surface area contributed by atoms with Gasteiger partial charge < -0.3 is 19.7 Å². The van der Waals surface area contributed by atoms with E-state index in [0.29, 0.717) is 12.2 Å². The summed E-state index contributed by atoms with van der Waals surface area (Å²) in [7, 11) is 4.09. The van der Waals surface area contributed by atoms with Crippen LogP contribution >= 0.6 is 0 Å². The lowest BCUT2D eigenvalue weighted by Crippen LogP contribution is -2.45. The maximum absolute atomic E-state index is 13.0. The molecule has 0 saturated carbocycles. The molecule has 1 N–H and O–H groups in total. The van der Waals surface area contributed by atoms with Gasteiger partial charge in [-0.1, -0.05) is 24.3 Å². The van der Waals surface area contributed by atoms with E-state index in [1.165, 1.54) is 0 Å². The smallest absolute Gasteiger partial charge is 0.268 e. The van der Waals surface area contributed by atoms with E-state index in [2.05, 4.69) is 39.3 Å². The number of nitrogens with zero attached hydrogens (tertiary/aromatic N) is 4. The Kier molecular flexibility index (Phi) is 5.05. The average molecular weight is 377 g/mol. The molecule has 0 unspecified atom stereocenters. The van der Waals surface area contributed by atoms with Gasteiger partial charge in [-0.05, 0) is 31.7 Å². The van der Waals surface area contributed by atoms with E-state index in [4.69, 9.17) is 0 Å².